The summed E-state index contributed by atoms with van der Waals surface area (Å²) in [4.78, 5) is 0. The standard InChI is InChI=1S/C32H27N/c1-5-22(2)25-16-10-12-23(3)26(25)20-21-27-24(4)13-11-19-30(27)33-31-17-8-6-14-28(31)29-15-7-9-18-32(29)33/h5-19H,1-4H3/b22-5+. The van der Waals surface area contributed by atoms with Crippen molar-refractivity contribution in [1.29, 1.82) is 0 Å². The molecule has 4 aromatic carbocycles. The molecule has 5 aromatic rings. The quantitative estimate of drug-likeness (QED) is 0.251. The number of aromatic nitrogens is 1. The Morgan fingerprint density at radius 3 is 1.85 bits per heavy atom. The van der Waals surface area contributed by atoms with Crippen molar-refractivity contribution in [2.75, 3.05) is 0 Å². The average molecular weight is 426 g/mol. The highest BCUT2D eigenvalue weighted by atomic mass is 15.0. The van der Waals surface area contributed by atoms with Crippen LogP contribution in [0.25, 0.3) is 33.1 Å². The van der Waals surface area contributed by atoms with E-state index in [1.54, 1.807) is 0 Å². The third-order valence-electron chi connectivity index (χ3n) is 6.51. The number of fused-ring (bicyclic) bond motifs is 3. The van der Waals surface area contributed by atoms with Gasteiger partial charge in [0.1, 0.15) is 0 Å². The lowest BCUT2D eigenvalue weighted by Crippen LogP contribution is -1.99. The second kappa shape index (κ2) is 8.49. The average Bonchev–Trinajstić information content (AvgIpc) is 3.17. The Labute approximate surface area is 196 Å². The first-order chi connectivity index (χ1) is 16.1. The second-order valence-corrected chi connectivity index (χ2v) is 8.56. The molecule has 33 heavy (non-hydrogen) atoms. The van der Waals surface area contributed by atoms with E-state index in [1.807, 2.05) is 0 Å². The van der Waals surface area contributed by atoms with Gasteiger partial charge >= 0.3 is 0 Å². The molecule has 0 N–H and O–H groups in total. The summed E-state index contributed by atoms with van der Waals surface area (Å²) < 4.78 is 2.36. The van der Waals surface area contributed by atoms with Crippen molar-refractivity contribution in [2.45, 2.75) is 27.7 Å². The van der Waals surface area contributed by atoms with Crippen molar-refractivity contribution in [1.82, 2.24) is 4.57 Å². The molecule has 1 nitrogen and oxygen atoms in total. The van der Waals surface area contributed by atoms with Crippen LogP contribution in [0.2, 0.25) is 0 Å². The van der Waals surface area contributed by atoms with E-state index in [4.69, 9.17) is 0 Å². The molecule has 0 bridgehead atoms. The first-order valence-electron chi connectivity index (χ1n) is 11.4. The van der Waals surface area contributed by atoms with E-state index in [1.165, 1.54) is 44.1 Å². The van der Waals surface area contributed by atoms with Gasteiger partial charge in [0, 0.05) is 16.3 Å². The van der Waals surface area contributed by atoms with Gasteiger partial charge in [-0.1, -0.05) is 84.6 Å². The fourth-order valence-corrected chi connectivity index (χ4v) is 4.63. The van der Waals surface area contributed by atoms with Crippen LogP contribution in [-0.4, -0.2) is 4.57 Å². The maximum Gasteiger partial charge on any atom is 0.0621 e. The van der Waals surface area contributed by atoms with Crippen molar-refractivity contribution in [2.24, 2.45) is 0 Å². The Balaban J connectivity index is 1.79. The Hall–Kier alpha value is -4.02. The lowest BCUT2D eigenvalue weighted by atomic mass is 9.96. The van der Waals surface area contributed by atoms with Crippen LogP contribution in [0.3, 0.4) is 0 Å². The van der Waals surface area contributed by atoms with E-state index in [9.17, 15) is 0 Å². The summed E-state index contributed by atoms with van der Waals surface area (Å²) >= 11 is 0. The van der Waals surface area contributed by atoms with Gasteiger partial charge in [-0.2, -0.15) is 0 Å². The SMILES string of the molecule is C/C=C(\C)c1cccc(C)c1C#Cc1c(C)cccc1-n1c2ccccc2c2ccccc21. The molecular weight excluding hydrogens is 398 g/mol. The molecular formula is C32H27N. The van der Waals surface area contributed by atoms with Crippen molar-refractivity contribution in [3.63, 3.8) is 0 Å². The molecule has 0 fully saturated rings. The molecule has 0 aliphatic rings. The van der Waals surface area contributed by atoms with Crippen molar-refractivity contribution < 1.29 is 0 Å². The van der Waals surface area contributed by atoms with Crippen LogP contribution in [0.15, 0.2) is 91.0 Å². The van der Waals surface area contributed by atoms with Gasteiger partial charge in [-0.25, -0.2) is 0 Å². The van der Waals surface area contributed by atoms with Crippen LogP contribution in [-0.2, 0) is 0 Å². The molecule has 160 valence electrons. The Kier molecular flexibility index (Phi) is 5.37. The Morgan fingerprint density at radius 1 is 0.667 bits per heavy atom. The molecule has 0 aliphatic heterocycles. The third kappa shape index (κ3) is 3.55. The highest BCUT2D eigenvalue weighted by Crippen LogP contribution is 2.33. The van der Waals surface area contributed by atoms with Crippen LogP contribution >= 0.6 is 0 Å². The van der Waals surface area contributed by atoms with Crippen molar-refractivity contribution in [3.8, 4) is 17.5 Å². The molecule has 0 radical (unpaired) electrons. The molecule has 0 saturated heterocycles. The molecule has 1 heteroatoms. The molecule has 0 amide bonds. The van der Waals surface area contributed by atoms with Crippen LogP contribution < -0.4 is 0 Å². The van der Waals surface area contributed by atoms with E-state index in [0.29, 0.717) is 0 Å². The zero-order valence-electron chi connectivity index (χ0n) is 19.6. The van der Waals surface area contributed by atoms with Crippen molar-refractivity contribution >= 4 is 27.4 Å². The number of benzene rings is 4. The monoisotopic (exact) mass is 425 g/mol. The molecule has 1 aromatic heterocycles. The lowest BCUT2D eigenvalue weighted by Gasteiger charge is -2.13. The predicted molar refractivity (Wildman–Crippen MR) is 142 cm³/mol. The fraction of sp³-hybridized carbons (Fsp3) is 0.125. The summed E-state index contributed by atoms with van der Waals surface area (Å²) in [5, 5.41) is 2.52. The number of nitrogens with zero attached hydrogens (tertiary/aromatic N) is 1. The number of rotatable bonds is 2. The Bertz CT molecular complexity index is 1550. The minimum Gasteiger partial charge on any atom is -0.308 e. The maximum absolute atomic E-state index is 3.58. The van der Waals surface area contributed by atoms with Gasteiger partial charge < -0.3 is 4.57 Å². The molecule has 0 spiro atoms. The van der Waals surface area contributed by atoms with E-state index in [-0.39, 0.29) is 0 Å². The normalized spacial score (nSPS) is 11.6. The topological polar surface area (TPSA) is 4.93 Å². The van der Waals surface area contributed by atoms with Gasteiger partial charge in [-0.3, -0.25) is 0 Å². The van der Waals surface area contributed by atoms with Crippen LogP contribution in [0.5, 0.6) is 0 Å². The zero-order valence-corrected chi connectivity index (χ0v) is 19.6. The number of aryl methyl sites for hydroxylation is 2. The fourth-order valence-electron chi connectivity index (χ4n) is 4.63. The minimum absolute atomic E-state index is 1.07. The summed E-state index contributed by atoms with van der Waals surface area (Å²) in [6.07, 6.45) is 2.15. The van der Waals surface area contributed by atoms with Gasteiger partial charge in [0.2, 0.25) is 0 Å². The van der Waals surface area contributed by atoms with Gasteiger partial charge in [0.15, 0.2) is 0 Å². The highest BCUT2D eigenvalue weighted by molar-refractivity contribution is 6.09. The van der Waals surface area contributed by atoms with Crippen LogP contribution in [0.4, 0.5) is 0 Å². The smallest absolute Gasteiger partial charge is 0.0621 e. The van der Waals surface area contributed by atoms with Crippen LogP contribution in [0, 0.1) is 25.7 Å². The summed E-state index contributed by atoms with van der Waals surface area (Å²) in [7, 11) is 0. The third-order valence-corrected chi connectivity index (χ3v) is 6.51. The summed E-state index contributed by atoms with van der Waals surface area (Å²) in [5.41, 5.74) is 10.5. The van der Waals surface area contributed by atoms with Gasteiger partial charge in [-0.05, 0) is 68.2 Å². The number of hydrogen-bond donors (Lipinski definition) is 0. The molecule has 0 saturated carbocycles. The molecule has 0 unspecified atom stereocenters. The highest BCUT2D eigenvalue weighted by Gasteiger charge is 2.14. The largest absolute Gasteiger partial charge is 0.308 e. The first-order valence-corrected chi connectivity index (χ1v) is 11.4. The van der Waals surface area contributed by atoms with Crippen molar-refractivity contribution in [3.05, 3.63) is 119 Å². The summed E-state index contributed by atoms with van der Waals surface area (Å²) in [5.74, 6) is 7.13. The van der Waals surface area contributed by atoms with E-state index in [2.05, 4.69) is 135 Å². The number of hydrogen-bond acceptors (Lipinski definition) is 0. The van der Waals surface area contributed by atoms with Gasteiger partial charge in [0.05, 0.1) is 22.3 Å². The van der Waals surface area contributed by atoms with Gasteiger partial charge in [0.25, 0.3) is 0 Å². The lowest BCUT2D eigenvalue weighted by molar-refractivity contribution is 1.16. The molecule has 5 rings (SSSR count). The van der Waals surface area contributed by atoms with Gasteiger partial charge in [-0.15, -0.1) is 0 Å². The molecule has 1 heterocycles. The Morgan fingerprint density at radius 2 is 1.21 bits per heavy atom. The number of allylic oxidation sites excluding steroid dienone is 2. The van der Waals surface area contributed by atoms with E-state index in [0.717, 1.165) is 16.8 Å². The predicted octanol–water partition coefficient (Wildman–Crippen LogP) is 8.22. The summed E-state index contributed by atoms with van der Waals surface area (Å²) in [6.45, 7) is 8.52. The maximum atomic E-state index is 3.58. The van der Waals surface area contributed by atoms with Crippen LogP contribution in [0.1, 0.15) is 41.7 Å². The van der Waals surface area contributed by atoms with E-state index < -0.39 is 0 Å². The number of para-hydroxylation sites is 2. The molecule has 0 atom stereocenters. The zero-order chi connectivity index (χ0) is 22.9. The first kappa shape index (κ1) is 20.9. The minimum atomic E-state index is 1.07. The summed E-state index contributed by atoms with van der Waals surface area (Å²) in [6, 6.07) is 30.1. The van der Waals surface area contributed by atoms with E-state index >= 15 is 0 Å². The second-order valence-electron chi connectivity index (χ2n) is 8.56. The molecule has 0 aliphatic carbocycles.